The minimum absolute atomic E-state index is 0.167. The lowest BCUT2D eigenvalue weighted by Gasteiger charge is -2.10. The molecule has 8 heteroatoms. The highest BCUT2D eigenvalue weighted by Gasteiger charge is 2.18. The summed E-state index contributed by atoms with van der Waals surface area (Å²) >= 11 is 3.45. The fourth-order valence-corrected chi connectivity index (χ4v) is 3.23. The number of nitrogens with zero attached hydrogens (tertiary/aromatic N) is 4. The van der Waals surface area contributed by atoms with Crippen molar-refractivity contribution >= 4 is 38.7 Å². The van der Waals surface area contributed by atoms with E-state index in [1.165, 1.54) is 0 Å². The largest absolute Gasteiger partial charge is 0.403 e. The molecule has 7 nitrogen and oxygen atoms in total. The maximum Gasteiger partial charge on any atom is 0.320 e. The van der Waals surface area contributed by atoms with Crippen molar-refractivity contribution in [2.75, 3.05) is 5.32 Å². The molecule has 28 heavy (non-hydrogen) atoms. The number of rotatable bonds is 4. The summed E-state index contributed by atoms with van der Waals surface area (Å²) in [6.07, 6.45) is 1.72. The fourth-order valence-electron chi connectivity index (χ4n) is 2.91. The topological polar surface area (TPSA) is 85.8 Å². The third-order valence-corrected chi connectivity index (χ3v) is 5.28. The van der Waals surface area contributed by atoms with Gasteiger partial charge in [0.25, 0.3) is 5.89 Å². The van der Waals surface area contributed by atoms with Crippen LogP contribution >= 0.6 is 15.9 Å². The number of nitrogens with one attached hydrogen (secondary N) is 1. The summed E-state index contributed by atoms with van der Waals surface area (Å²) in [5.74, 6) is 0.167. The molecule has 0 unspecified atom stereocenters. The molecule has 0 aliphatic carbocycles. The number of halogens is 1. The number of aryl methyl sites for hydroxylation is 3. The molecule has 1 N–H and O–H groups in total. The summed E-state index contributed by atoms with van der Waals surface area (Å²) in [5, 5.41) is 11.6. The number of hydrogen-bond acceptors (Lipinski definition) is 6. The SMILES string of the molecule is CCn1cc(-c2nnc(Nc3ccc(C)cc3)o2)c(=O)c2cc(Br)c(C)nc21. The van der Waals surface area contributed by atoms with Gasteiger partial charge in [0.1, 0.15) is 11.2 Å². The van der Waals surface area contributed by atoms with Crippen LogP contribution in [-0.4, -0.2) is 19.7 Å². The molecule has 0 atom stereocenters. The second-order valence-corrected chi connectivity index (χ2v) is 7.34. The summed E-state index contributed by atoms with van der Waals surface area (Å²) in [4.78, 5) is 17.6. The second kappa shape index (κ2) is 7.20. The summed E-state index contributed by atoms with van der Waals surface area (Å²) < 4.78 is 8.40. The molecule has 0 radical (unpaired) electrons. The smallest absolute Gasteiger partial charge is 0.320 e. The highest BCUT2D eigenvalue weighted by molar-refractivity contribution is 9.10. The van der Waals surface area contributed by atoms with Gasteiger partial charge < -0.3 is 14.3 Å². The van der Waals surface area contributed by atoms with Gasteiger partial charge in [-0.15, -0.1) is 5.10 Å². The highest BCUT2D eigenvalue weighted by atomic mass is 79.9. The van der Waals surface area contributed by atoms with Gasteiger partial charge in [-0.05, 0) is 54.9 Å². The Bertz CT molecular complexity index is 1230. The van der Waals surface area contributed by atoms with Crippen molar-refractivity contribution < 1.29 is 4.42 Å². The van der Waals surface area contributed by atoms with Crippen molar-refractivity contribution in [2.24, 2.45) is 0 Å². The maximum absolute atomic E-state index is 13.0. The molecule has 4 rings (SSSR count). The van der Waals surface area contributed by atoms with Crippen molar-refractivity contribution in [1.82, 2.24) is 19.7 Å². The Balaban J connectivity index is 1.78. The van der Waals surface area contributed by atoms with Crippen LogP contribution in [0.4, 0.5) is 11.7 Å². The first-order valence-electron chi connectivity index (χ1n) is 8.84. The van der Waals surface area contributed by atoms with E-state index < -0.39 is 0 Å². The van der Waals surface area contributed by atoms with Crippen LogP contribution in [0, 0.1) is 13.8 Å². The predicted molar refractivity (Wildman–Crippen MR) is 112 cm³/mol. The van der Waals surface area contributed by atoms with E-state index >= 15 is 0 Å². The fraction of sp³-hybridized carbons (Fsp3) is 0.200. The van der Waals surface area contributed by atoms with E-state index in [9.17, 15) is 4.79 Å². The Kier molecular flexibility index (Phi) is 4.72. The molecule has 0 saturated heterocycles. The van der Waals surface area contributed by atoms with Crippen molar-refractivity contribution in [3.8, 4) is 11.5 Å². The van der Waals surface area contributed by atoms with E-state index in [0.717, 1.165) is 21.4 Å². The van der Waals surface area contributed by atoms with Crippen molar-refractivity contribution in [2.45, 2.75) is 27.3 Å². The van der Waals surface area contributed by atoms with Crippen LogP contribution < -0.4 is 10.7 Å². The summed E-state index contributed by atoms with van der Waals surface area (Å²) in [6.45, 7) is 6.55. The van der Waals surface area contributed by atoms with E-state index in [4.69, 9.17) is 4.42 Å². The first-order valence-corrected chi connectivity index (χ1v) is 9.63. The van der Waals surface area contributed by atoms with Gasteiger partial charge in [-0.3, -0.25) is 4.79 Å². The lowest BCUT2D eigenvalue weighted by atomic mass is 10.2. The zero-order valence-electron chi connectivity index (χ0n) is 15.7. The molecule has 3 heterocycles. The van der Waals surface area contributed by atoms with Gasteiger partial charge in [-0.25, -0.2) is 4.98 Å². The number of aromatic nitrogens is 4. The van der Waals surface area contributed by atoms with Gasteiger partial charge in [0.05, 0.1) is 11.1 Å². The van der Waals surface area contributed by atoms with Gasteiger partial charge in [-0.1, -0.05) is 22.8 Å². The van der Waals surface area contributed by atoms with E-state index in [0.29, 0.717) is 23.1 Å². The molecule has 0 bridgehead atoms. The maximum atomic E-state index is 13.0. The van der Waals surface area contributed by atoms with Gasteiger partial charge in [0, 0.05) is 22.9 Å². The van der Waals surface area contributed by atoms with E-state index in [1.807, 2.05) is 49.6 Å². The lowest BCUT2D eigenvalue weighted by Crippen LogP contribution is -2.13. The minimum Gasteiger partial charge on any atom is -0.403 e. The summed E-state index contributed by atoms with van der Waals surface area (Å²) in [5.41, 5.74) is 3.59. The summed E-state index contributed by atoms with van der Waals surface area (Å²) in [7, 11) is 0. The number of hydrogen-bond donors (Lipinski definition) is 1. The minimum atomic E-state index is -0.196. The standard InChI is InChI=1S/C20H18BrN5O2/c1-4-26-10-15(17(27)14-9-16(21)12(3)22-18(14)26)19-24-25-20(28-19)23-13-7-5-11(2)6-8-13/h5-10H,4H2,1-3H3,(H,23,25). The molecular formula is C20H18BrN5O2. The van der Waals surface area contributed by atoms with Crippen LogP contribution in [-0.2, 0) is 6.54 Å². The van der Waals surface area contributed by atoms with Gasteiger partial charge in [0.15, 0.2) is 0 Å². The molecule has 4 aromatic rings. The van der Waals surface area contributed by atoms with Crippen LogP contribution in [0.1, 0.15) is 18.2 Å². The van der Waals surface area contributed by atoms with Crippen LogP contribution in [0.5, 0.6) is 0 Å². The van der Waals surface area contributed by atoms with Crippen molar-refractivity contribution in [1.29, 1.82) is 0 Å². The predicted octanol–water partition coefficient (Wildman–Crippen LogP) is 4.59. The first kappa shape index (κ1) is 18.4. The molecule has 3 aromatic heterocycles. The first-order chi connectivity index (χ1) is 13.5. The van der Waals surface area contributed by atoms with Crippen molar-refractivity contribution in [3.05, 3.63) is 62.5 Å². The average Bonchev–Trinajstić information content (AvgIpc) is 3.14. The lowest BCUT2D eigenvalue weighted by molar-refractivity contribution is 0.586. The molecule has 1 aromatic carbocycles. The second-order valence-electron chi connectivity index (χ2n) is 6.49. The van der Waals surface area contributed by atoms with Gasteiger partial charge in [-0.2, -0.15) is 0 Å². The van der Waals surface area contributed by atoms with Crippen molar-refractivity contribution in [3.63, 3.8) is 0 Å². The molecule has 0 saturated carbocycles. The third-order valence-electron chi connectivity index (χ3n) is 4.48. The number of benzene rings is 1. The molecule has 0 aliphatic heterocycles. The third kappa shape index (κ3) is 3.31. The molecule has 142 valence electrons. The zero-order valence-corrected chi connectivity index (χ0v) is 17.2. The molecule has 0 fully saturated rings. The van der Waals surface area contributed by atoms with E-state index in [2.05, 4.69) is 36.4 Å². The van der Waals surface area contributed by atoms with E-state index in [-0.39, 0.29) is 17.3 Å². The quantitative estimate of drug-likeness (QED) is 0.500. The molecule has 0 amide bonds. The van der Waals surface area contributed by atoms with Gasteiger partial charge >= 0.3 is 6.01 Å². The average molecular weight is 440 g/mol. The van der Waals surface area contributed by atoms with Crippen LogP contribution in [0.15, 0.2) is 50.2 Å². The highest BCUT2D eigenvalue weighted by Crippen LogP contribution is 2.24. The number of anilines is 2. The normalized spacial score (nSPS) is 11.1. The number of pyridine rings is 2. The molecular weight excluding hydrogens is 422 g/mol. The zero-order chi connectivity index (χ0) is 19.8. The Morgan fingerprint density at radius 1 is 1.18 bits per heavy atom. The Hall–Kier alpha value is -3.00. The molecule has 0 aliphatic rings. The van der Waals surface area contributed by atoms with Crippen LogP contribution in [0.2, 0.25) is 0 Å². The van der Waals surface area contributed by atoms with Gasteiger partial charge in [0.2, 0.25) is 5.43 Å². The van der Waals surface area contributed by atoms with E-state index in [1.54, 1.807) is 12.3 Å². The Labute approximate surface area is 169 Å². The summed E-state index contributed by atoms with van der Waals surface area (Å²) in [6, 6.07) is 9.82. The number of fused-ring (bicyclic) bond motifs is 1. The van der Waals surface area contributed by atoms with Crippen LogP contribution in [0.25, 0.3) is 22.5 Å². The Morgan fingerprint density at radius 2 is 1.93 bits per heavy atom. The van der Waals surface area contributed by atoms with Crippen LogP contribution in [0.3, 0.4) is 0 Å². The monoisotopic (exact) mass is 439 g/mol. The Morgan fingerprint density at radius 3 is 2.64 bits per heavy atom. The molecule has 0 spiro atoms.